The van der Waals surface area contributed by atoms with Crippen molar-refractivity contribution in [3.63, 3.8) is 0 Å². The number of aliphatic hydroxyl groups is 1. The summed E-state index contributed by atoms with van der Waals surface area (Å²) in [5.41, 5.74) is 1.33. The van der Waals surface area contributed by atoms with E-state index in [1.165, 1.54) is 5.56 Å². The largest absolute Gasteiger partial charge is 0.395 e. The molecular formula is C13H22N2O. The van der Waals surface area contributed by atoms with Crippen LogP contribution in [0, 0.1) is 0 Å². The molecule has 0 aliphatic heterocycles. The Kier molecular flexibility index (Phi) is 6.08. The molecule has 0 amide bonds. The van der Waals surface area contributed by atoms with Crippen LogP contribution in [0.15, 0.2) is 30.3 Å². The van der Waals surface area contributed by atoms with Gasteiger partial charge in [-0.15, -0.1) is 0 Å². The Morgan fingerprint density at radius 1 is 1.31 bits per heavy atom. The summed E-state index contributed by atoms with van der Waals surface area (Å²) >= 11 is 0. The van der Waals surface area contributed by atoms with Gasteiger partial charge in [0.2, 0.25) is 0 Å². The second-order valence-electron chi connectivity index (χ2n) is 4.18. The highest BCUT2D eigenvalue weighted by atomic mass is 16.3. The van der Waals surface area contributed by atoms with Crippen LogP contribution in [0.25, 0.3) is 0 Å². The van der Waals surface area contributed by atoms with Crippen LogP contribution in [0.4, 0.5) is 0 Å². The molecule has 0 spiro atoms. The normalized spacial score (nSPS) is 13.0. The van der Waals surface area contributed by atoms with Crippen LogP contribution in [-0.4, -0.2) is 43.3 Å². The van der Waals surface area contributed by atoms with Crippen molar-refractivity contribution in [3.8, 4) is 0 Å². The Balaban J connectivity index is 2.28. The summed E-state index contributed by atoms with van der Waals surface area (Å²) in [6.07, 6.45) is 0.969. The number of nitrogens with one attached hydrogen (secondary N) is 1. The summed E-state index contributed by atoms with van der Waals surface area (Å²) in [4.78, 5) is 2.27. The molecule has 16 heavy (non-hydrogen) atoms. The van der Waals surface area contributed by atoms with Crippen molar-refractivity contribution in [1.29, 1.82) is 0 Å². The zero-order valence-corrected chi connectivity index (χ0v) is 10.2. The van der Waals surface area contributed by atoms with Crippen LogP contribution in [0.1, 0.15) is 12.0 Å². The van der Waals surface area contributed by atoms with Crippen molar-refractivity contribution < 1.29 is 5.11 Å². The Morgan fingerprint density at radius 2 is 2.00 bits per heavy atom. The first-order valence-corrected chi connectivity index (χ1v) is 5.77. The Labute approximate surface area is 98.1 Å². The molecule has 3 nitrogen and oxygen atoms in total. The van der Waals surface area contributed by atoms with Gasteiger partial charge in [-0.05, 0) is 32.6 Å². The third-order valence-electron chi connectivity index (χ3n) is 2.78. The summed E-state index contributed by atoms with van der Waals surface area (Å²) in [7, 11) is 4.00. The van der Waals surface area contributed by atoms with Gasteiger partial charge in [0.1, 0.15) is 0 Å². The highest BCUT2D eigenvalue weighted by molar-refractivity contribution is 5.14. The van der Waals surface area contributed by atoms with E-state index in [1.54, 1.807) is 0 Å². The summed E-state index contributed by atoms with van der Waals surface area (Å²) < 4.78 is 0. The second kappa shape index (κ2) is 7.39. The Morgan fingerprint density at radius 3 is 2.56 bits per heavy atom. The molecule has 0 aliphatic rings. The topological polar surface area (TPSA) is 35.5 Å². The van der Waals surface area contributed by atoms with Crippen LogP contribution in [0.2, 0.25) is 0 Å². The summed E-state index contributed by atoms with van der Waals surface area (Å²) in [6.45, 7) is 2.15. The van der Waals surface area contributed by atoms with Gasteiger partial charge in [-0.2, -0.15) is 0 Å². The highest BCUT2D eigenvalue weighted by Crippen LogP contribution is 2.03. The van der Waals surface area contributed by atoms with E-state index in [1.807, 2.05) is 13.1 Å². The summed E-state index contributed by atoms with van der Waals surface area (Å²) in [5.74, 6) is 0. The monoisotopic (exact) mass is 222 g/mol. The molecule has 2 N–H and O–H groups in total. The maximum absolute atomic E-state index is 9.05. The van der Waals surface area contributed by atoms with Gasteiger partial charge in [0.05, 0.1) is 6.61 Å². The highest BCUT2D eigenvalue weighted by Gasteiger charge is 2.06. The van der Waals surface area contributed by atoms with Crippen LogP contribution < -0.4 is 5.32 Å². The average Bonchev–Trinajstić information content (AvgIpc) is 2.31. The molecule has 1 aromatic carbocycles. The molecule has 0 saturated heterocycles. The smallest absolute Gasteiger partial charge is 0.0585 e. The van der Waals surface area contributed by atoms with Crippen LogP contribution in [0.5, 0.6) is 0 Å². The number of likely N-dealkylation sites (N-methyl/N-ethyl adjacent to an activating group) is 1. The number of benzene rings is 1. The van der Waals surface area contributed by atoms with Crippen LogP contribution in [-0.2, 0) is 6.54 Å². The second-order valence-corrected chi connectivity index (χ2v) is 4.18. The molecular weight excluding hydrogens is 200 g/mol. The summed E-state index contributed by atoms with van der Waals surface area (Å²) in [5, 5.41) is 12.1. The van der Waals surface area contributed by atoms with Crippen molar-refractivity contribution in [2.75, 3.05) is 27.2 Å². The van der Waals surface area contributed by atoms with Gasteiger partial charge in [-0.3, -0.25) is 0 Å². The van der Waals surface area contributed by atoms with E-state index < -0.39 is 0 Å². The molecule has 1 unspecified atom stereocenters. The minimum Gasteiger partial charge on any atom is -0.395 e. The van der Waals surface area contributed by atoms with Crippen molar-refractivity contribution >= 4 is 0 Å². The summed E-state index contributed by atoms with van der Waals surface area (Å²) in [6, 6.07) is 10.6. The zero-order chi connectivity index (χ0) is 11.8. The number of hydrogen-bond donors (Lipinski definition) is 2. The third kappa shape index (κ3) is 4.75. The lowest BCUT2D eigenvalue weighted by atomic mass is 10.2. The molecule has 90 valence electrons. The maximum Gasteiger partial charge on any atom is 0.0585 e. The lowest BCUT2D eigenvalue weighted by molar-refractivity contribution is 0.221. The van der Waals surface area contributed by atoms with E-state index in [2.05, 4.69) is 41.5 Å². The molecule has 1 atom stereocenters. The predicted molar refractivity (Wildman–Crippen MR) is 67.3 cm³/mol. The van der Waals surface area contributed by atoms with Crippen molar-refractivity contribution in [3.05, 3.63) is 35.9 Å². The molecule has 0 aromatic heterocycles. The van der Waals surface area contributed by atoms with E-state index in [4.69, 9.17) is 5.11 Å². The maximum atomic E-state index is 9.05. The van der Waals surface area contributed by atoms with Crippen molar-refractivity contribution in [2.24, 2.45) is 0 Å². The molecule has 0 heterocycles. The third-order valence-corrected chi connectivity index (χ3v) is 2.78. The van der Waals surface area contributed by atoms with Gasteiger partial charge < -0.3 is 15.3 Å². The van der Waals surface area contributed by atoms with Gasteiger partial charge >= 0.3 is 0 Å². The number of nitrogens with zero attached hydrogens (tertiary/aromatic N) is 1. The molecule has 0 fully saturated rings. The molecule has 0 saturated carbocycles. The molecule has 1 rings (SSSR count). The Bertz CT molecular complexity index is 273. The van der Waals surface area contributed by atoms with Gasteiger partial charge in [-0.25, -0.2) is 0 Å². The molecule has 0 aliphatic carbocycles. The van der Waals surface area contributed by atoms with Gasteiger partial charge in [0, 0.05) is 12.6 Å². The minimum atomic E-state index is 0.204. The first-order valence-electron chi connectivity index (χ1n) is 5.77. The van der Waals surface area contributed by atoms with E-state index in [9.17, 15) is 0 Å². The zero-order valence-electron chi connectivity index (χ0n) is 10.2. The fourth-order valence-electron chi connectivity index (χ4n) is 1.68. The standard InChI is InChI=1S/C13H22N2O/c1-14-13(11-16)8-9-15(2)10-12-6-4-3-5-7-12/h3-7,13-14,16H,8-11H2,1-2H3. The van der Waals surface area contributed by atoms with Crippen molar-refractivity contribution in [1.82, 2.24) is 10.2 Å². The van der Waals surface area contributed by atoms with E-state index >= 15 is 0 Å². The van der Waals surface area contributed by atoms with E-state index in [0.717, 1.165) is 19.5 Å². The van der Waals surface area contributed by atoms with E-state index in [0.29, 0.717) is 0 Å². The molecule has 0 bridgehead atoms. The Hall–Kier alpha value is -0.900. The minimum absolute atomic E-state index is 0.204. The quantitative estimate of drug-likeness (QED) is 0.725. The number of aliphatic hydroxyl groups excluding tert-OH is 1. The lowest BCUT2D eigenvalue weighted by Crippen LogP contribution is -2.33. The fourth-order valence-corrected chi connectivity index (χ4v) is 1.68. The van der Waals surface area contributed by atoms with E-state index in [-0.39, 0.29) is 12.6 Å². The molecule has 3 heteroatoms. The average molecular weight is 222 g/mol. The van der Waals surface area contributed by atoms with Gasteiger partial charge in [-0.1, -0.05) is 30.3 Å². The number of rotatable bonds is 7. The fraction of sp³-hybridized carbons (Fsp3) is 0.538. The first kappa shape index (κ1) is 13.2. The number of hydrogen-bond acceptors (Lipinski definition) is 3. The lowest BCUT2D eigenvalue weighted by Gasteiger charge is -2.20. The first-order chi connectivity index (χ1) is 7.76. The SMILES string of the molecule is CNC(CO)CCN(C)Cc1ccccc1. The van der Waals surface area contributed by atoms with Crippen LogP contribution in [0.3, 0.4) is 0 Å². The van der Waals surface area contributed by atoms with Gasteiger partial charge in [0.15, 0.2) is 0 Å². The van der Waals surface area contributed by atoms with Gasteiger partial charge in [0.25, 0.3) is 0 Å². The predicted octanol–water partition coefficient (Wildman–Crippen LogP) is 1.09. The molecule has 0 radical (unpaired) electrons. The van der Waals surface area contributed by atoms with Crippen LogP contribution >= 0.6 is 0 Å². The van der Waals surface area contributed by atoms with Crippen molar-refractivity contribution in [2.45, 2.75) is 19.0 Å². The molecule has 1 aromatic rings.